The standard InChI is InChI=1S/C19H23NO3S/c1-4-13-23-14-19(17-9-5-15(2)6-10-17)20-24(21,22)18-11-7-16(3)8-12-18/h4-12,19-20H,1,13-14H2,2-3H3. The Balaban J connectivity index is 2.24. The Kier molecular flexibility index (Phi) is 6.31. The maximum Gasteiger partial charge on any atom is 0.241 e. The zero-order valence-corrected chi connectivity index (χ0v) is 14.8. The molecular weight excluding hydrogens is 322 g/mol. The largest absolute Gasteiger partial charge is 0.375 e. The average Bonchev–Trinajstić information content (AvgIpc) is 2.55. The quantitative estimate of drug-likeness (QED) is 0.588. The van der Waals surface area contributed by atoms with E-state index in [4.69, 9.17) is 4.74 Å². The summed E-state index contributed by atoms with van der Waals surface area (Å²) in [5.41, 5.74) is 2.99. The van der Waals surface area contributed by atoms with Crippen molar-refractivity contribution < 1.29 is 13.2 Å². The molecule has 1 unspecified atom stereocenters. The summed E-state index contributed by atoms with van der Waals surface area (Å²) in [5.74, 6) is 0. The molecule has 0 bridgehead atoms. The zero-order valence-electron chi connectivity index (χ0n) is 14.0. The van der Waals surface area contributed by atoms with Gasteiger partial charge in [-0.1, -0.05) is 53.6 Å². The molecule has 0 heterocycles. The topological polar surface area (TPSA) is 55.4 Å². The maximum absolute atomic E-state index is 12.6. The van der Waals surface area contributed by atoms with Crippen LogP contribution in [-0.4, -0.2) is 21.6 Å². The van der Waals surface area contributed by atoms with Crippen LogP contribution in [0.3, 0.4) is 0 Å². The van der Waals surface area contributed by atoms with Gasteiger partial charge in [0, 0.05) is 0 Å². The average molecular weight is 345 g/mol. The van der Waals surface area contributed by atoms with Gasteiger partial charge in [0.1, 0.15) is 0 Å². The first-order chi connectivity index (χ1) is 11.4. The Morgan fingerprint density at radius 3 is 2.12 bits per heavy atom. The molecule has 0 saturated heterocycles. The van der Waals surface area contributed by atoms with Gasteiger partial charge in [0.05, 0.1) is 24.2 Å². The molecule has 0 amide bonds. The van der Waals surface area contributed by atoms with Crippen LogP contribution in [0.5, 0.6) is 0 Å². The molecule has 0 aromatic heterocycles. The van der Waals surface area contributed by atoms with E-state index < -0.39 is 16.1 Å². The molecule has 24 heavy (non-hydrogen) atoms. The van der Waals surface area contributed by atoms with E-state index in [9.17, 15) is 8.42 Å². The van der Waals surface area contributed by atoms with E-state index >= 15 is 0 Å². The van der Waals surface area contributed by atoms with Crippen molar-refractivity contribution >= 4 is 10.0 Å². The molecule has 1 atom stereocenters. The highest BCUT2D eigenvalue weighted by molar-refractivity contribution is 7.89. The minimum atomic E-state index is -3.63. The highest BCUT2D eigenvalue weighted by Gasteiger charge is 2.21. The lowest BCUT2D eigenvalue weighted by molar-refractivity contribution is 0.143. The normalized spacial score (nSPS) is 12.8. The second-order valence-electron chi connectivity index (χ2n) is 5.72. The first-order valence-electron chi connectivity index (χ1n) is 7.76. The van der Waals surface area contributed by atoms with E-state index in [-0.39, 0.29) is 11.5 Å². The van der Waals surface area contributed by atoms with Crippen molar-refractivity contribution in [2.45, 2.75) is 24.8 Å². The third-order valence-corrected chi connectivity index (χ3v) is 5.12. The summed E-state index contributed by atoms with van der Waals surface area (Å²) in [6.45, 7) is 8.12. The lowest BCUT2D eigenvalue weighted by atomic mass is 10.1. The fraction of sp³-hybridized carbons (Fsp3) is 0.263. The van der Waals surface area contributed by atoms with Crippen molar-refractivity contribution in [2.75, 3.05) is 13.2 Å². The molecule has 5 heteroatoms. The minimum Gasteiger partial charge on any atom is -0.375 e. The van der Waals surface area contributed by atoms with Gasteiger partial charge in [-0.25, -0.2) is 13.1 Å². The fourth-order valence-electron chi connectivity index (χ4n) is 2.24. The highest BCUT2D eigenvalue weighted by Crippen LogP contribution is 2.19. The lowest BCUT2D eigenvalue weighted by Gasteiger charge is -2.19. The van der Waals surface area contributed by atoms with Crippen molar-refractivity contribution in [3.8, 4) is 0 Å². The number of hydrogen-bond donors (Lipinski definition) is 1. The van der Waals surface area contributed by atoms with Crippen LogP contribution < -0.4 is 4.72 Å². The summed E-state index contributed by atoms with van der Waals surface area (Å²) in [7, 11) is -3.63. The van der Waals surface area contributed by atoms with E-state index in [2.05, 4.69) is 11.3 Å². The van der Waals surface area contributed by atoms with Gasteiger partial charge in [-0.3, -0.25) is 0 Å². The van der Waals surface area contributed by atoms with Gasteiger partial charge in [-0.15, -0.1) is 6.58 Å². The van der Waals surface area contributed by atoms with Crippen LogP contribution in [0.4, 0.5) is 0 Å². The number of ether oxygens (including phenoxy) is 1. The van der Waals surface area contributed by atoms with Gasteiger partial charge < -0.3 is 4.74 Å². The molecule has 128 valence electrons. The van der Waals surface area contributed by atoms with Gasteiger partial charge in [-0.2, -0.15) is 0 Å². The Bertz CT molecular complexity index is 765. The fourth-order valence-corrected chi connectivity index (χ4v) is 3.45. The van der Waals surface area contributed by atoms with Crippen molar-refractivity contribution in [2.24, 2.45) is 0 Å². The van der Waals surface area contributed by atoms with E-state index in [1.165, 1.54) is 0 Å². The number of rotatable bonds is 8. The van der Waals surface area contributed by atoms with Gasteiger partial charge in [-0.05, 0) is 31.5 Å². The van der Waals surface area contributed by atoms with Crippen molar-refractivity contribution in [1.29, 1.82) is 0 Å². The molecule has 1 N–H and O–H groups in total. The number of hydrogen-bond acceptors (Lipinski definition) is 3. The Morgan fingerprint density at radius 2 is 1.58 bits per heavy atom. The molecule has 0 spiro atoms. The molecule has 0 saturated carbocycles. The van der Waals surface area contributed by atoms with Crippen LogP contribution in [0.25, 0.3) is 0 Å². The SMILES string of the molecule is C=CCOCC(NS(=O)(=O)c1ccc(C)cc1)c1ccc(C)cc1. The van der Waals surface area contributed by atoms with E-state index in [1.54, 1.807) is 30.3 Å². The van der Waals surface area contributed by atoms with E-state index in [0.29, 0.717) is 6.61 Å². The third-order valence-electron chi connectivity index (χ3n) is 3.63. The molecule has 0 aliphatic rings. The van der Waals surface area contributed by atoms with Gasteiger partial charge in [0.15, 0.2) is 0 Å². The number of benzene rings is 2. The minimum absolute atomic E-state index is 0.236. The highest BCUT2D eigenvalue weighted by atomic mass is 32.2. The van der Waals surface area contributed by atoms with E-state index in [0.717, 1.165) is 16.7 Å². The second kappa shape index (κ2) is 8.24. The molecule has 0 fully saturated rings. The first-order valence-corrected chi connectivity index (χ1v) is 9.25. The van der Waals surface area contributed by atoms with Crippen LogP contribution in [0, 0.1) is 13.8 Å². The molecule has 4 nitrogen and oxygen atoms in total. The molecule has 0 radical (unpaired) electrons. The Labute approximate surface area is 144 Å². The molecule has 2 rings (SSSR count). The summed E-state index contributed by atoms with van der Waals surface area (Å²) in [6, 6.07) is 14.0. The van der Waals surface area contributed by atoms with Crippen LogP contribution in [0.15, 0.2) is 66.1 Å². The van der Waals surface area contributed by atoms with Crippen molar-refractivity contribution in [3.05, 3.63) is 77.9 Å². The van der Waals surface area contributed by atoms with Crippen LogP contribution in [0.2, 0.25) is 0 Å². The Morgan fingerprint density at radius 1 is 1.04 bits per heavy atom. The zero-order chi connectivity index (χ0) is 17.6. The summed E-state index contributed by atoms with van der Waals surface area (Å²) < 4.78 is 33.5. The smallest absolute Gasteiger partial charge is 0.241 e. The van der Waals surface area contributed by atoms with E-state index in [1.807, 2.05) is 38.1 Å². The number of nitrogens with one attached hydrogen (secondary N) is 1. The summed E-state index contributed by atoms with van der Waals surface area (Å²) in [5, 5.41) is 0. The molecule has 0 aliphatic heterocycles. The van der Waals surface area contributed by atoms with Crippen LogP contribution in [0.1, 0.15) is 22.7 Å². The summed E-state index contributed by atoms with van der Waals surface area (Å²) in [6.07, 6.45) is 1.64. The predicted molar refractivity (Wildman–Crippen MR) is 96.4 cm³/mol. The van der Waals surface area contributed by atoms with Crippen LogP contribution >= 0.6 is 0 Å². The van der Waals surface area contributed by atoms with Gasteiger partial charge in [0.2, 0.25) is 10.0 Å². The monoisotopic (exact) mass is 345 g/mol. The summed E-state index contributed by atoms with van der Waals surface area (Å²) >= 11 is 0. The first kappa shape index (κ1) is 18.4. The predicted octanol–water partition coefficient (Wildman–Crippen LogP) is 3.53. The van der Waals surface area contributed by atoms with Crippen molar-refractivity contribution in [3.63, 3.8) is 0 Å². The number of sulfonamides is 1. The third kappa shape index (κ3) is 5.03. The molecular formula is C19H23NO3S. The van der Waals surface area contributed by atoms with Gasteiger partial charge >= 0.3 is 0 Å². The molecule has 0 aliphatic carbocycles. The molecule has 2 aromatic carbocycles. The maximum atomic E-state index is 12.6. The van der Waals surface area contributed by atoms with Crippen molar-refractivity contribution in [1.82, 2.24) is 4.72 Å². The molecule has 2 aromatic rings. The number of aryl methyl sites for hydroxylation is 2. The summed E-state index contributed by atoms with van der Waals surface area (Å²) in [4.78, 5) is 0.244. The Hall–Kier alpha value is -1.95. The van der Waals surface area contributed by atoms with Crippen LogP contribution in [-0.2, 0) is 14.8 Å². The van der Waals surface area contributed by atoms with Gasteiger partial charge in [0.25, 0.3) is 0 Å². The second-order valence-corrected chi connectivity index (χ2v) is 7.44. The lowest BCUT2D eigenvalue weighted by Crippen LogP contribution is -2.31.